The molecule has 2 aliphatic rings. The van der Waals surface area contributed by atoms with Crippen LogP contribution in [0.4, 0.5) is 0 Å². The average Bonchev–Trinajstić information content (AvgIpc) is 3.26. The van der Waals surface area contributed by atoms with Gasteiger partial charge in [-0.2, -0.15) is 0 Å². The van der Waals surface area contributed by atoms with E-state index in [1.54, 1.807) is 0 Å². The minimum absolute atomic E-state index is 0.0883. The molecule has 4 heteroatoms. The lowest BCUT2D eigenvalue weighted by molar-refractivity contribution is -0.104. The molecule has 146 valence electrons. The predicted molar refractivity (Wildman–Crippen MR) is 107 cm³/mol. The Hall–Kier alpha value is -1.65. The summed E-state index contributed by atoms with van der Waals surface area (Å²) in [7, 11) is 0. The third kappa shape index (κ3) is 3.97. The van der Waals surface area contributed by atoms with Gasteiger partial charge in [0, 0.05) is 23.9 Å². The van der Waals surface area contributed by atoms with Crippen molar-refractivity contribution < 1.29 is 9.15 Å². The minimum Gasteiger partial charge on any atom is -0.465 e. The van der Waals surface area contributed by atoms with Crippen LogP contribution in [0.2, 0.25) is 0 Å². The summed E-state index contributed by atoms with van der Waals surface area (Å²) >= 11 is 0. The normalized spacial score (nSPS) is 24.5. The Morgan fingerprint density at radius 1 is 1.15 bits per heavy atom. The first-order chi connectivity index (χ1) is 13.1. The molecule has 1 aliphatic heterocycles. The van der Waals surface area contributed by atoms with Gasteiger partial charge >= 0.3 is 0 Å². The summed E-state index contributed by atoms with van der Waals surface area (Å²) in [6.45, 7) is 6.73. The van der Waals surface area contributed by atoms with Crippen molar-refractivity contribution in [2.75, 3.05) is 13.2 Å². The number of nitrogens with one attached hydrogen (secondary N) is 1. The predicted octanol–water partition coefficient (Wildman–Crippen LogP) is 4.83. The molecule has 4 rings (SSSR count). The van der Waals surface area contributed by atoms with Crippen LogP contribution in [0.1, 0.15) is 67.7 Å². The molecule has 1 saturated carbocycles. The molecule has 0 aromatic carbocycles. The molecule has 4 nitrogen and oxygen atoms in total. The van der Waals surface area contributed by atoms with Crippen LogP contribution in [0.5, 0.6) is 0 Å². The molecule has 0 radical (unpaired) electrons. The molecule has 1 N–H and O–H groups in total. The van der Waals surface area contributed by atoms with E-state index in [1.165, 1.54) is 36.9 Å². The van der Waals surface area contributed by atoms with Crippen LogP contribution in [0.15, 0.2) is 34.9 Å². The summed E-state index contributed by atoms with van der Waals surface area (Å²) in [5.74, 6) is 2.04. The zero-order chi connectivity index (χ0) is 18.7. The van der Waals surface area contributed by atoms with E-state index in [9.17, 15) is 0 Å². The quantitative estimate of drug-likeness (QED) is 0.742. The number of rotatable bonds is 6. The fourth-order valence-electron chi connectivity index (χ4n) is 5.07. The molecular weight excluding hydrogens is 336 g/mol. The molecular formula is C23H32N2O2. The third-order valence-electron chi connectivity index (χ3n) is 6.67. The first kappa shape index (κ1) is 18.7. The molecule has 1 spiro atoms. The van der Waals surface area contributed by atoms with Gasteiger partial charge < -0.3 is 14.5 Å². The zero-order valence-electron chi connectivity index (χ0n) is 16.7. The lowest BCUT2D eigenvalue weighted by Crippen LogP contribution is -2.47. The lowest BCUT2D eigenvalue weighted by Gasteiger charge is -2.46. The highest BCUT2D eigenvalue weighted by atomic mass is 16.5. The number of nitrogens with zero attached hydrogens (tertiary/aromatic N) is 1. The van der Waals surface area contributed by atoms with E-state index < -0.39 is 0 Å². The number of hydrogen-bond donors (Lipinski definition) is 1. The molecule has 1 saturated heterocycles. The van der Waals surface area contributed by atoms with Gasteiger partial charge in [0.25, 0.3) is 0 Å². The van der Waals surface area contributed by atoms with Crippen LogP contribution >= 0.6 is 0 Å². The Bertz CT molecular complexity index is 729. The molecule has 1 aliphatic carbocycles. The maximum atomic E-state index is 6.33. The summed E-state index contributed by atoms with van der Waals surface area (Å²) in [6.07, 6.45) is 10.2. The van der Waals surface area contributed by atoms with Crippen LogP contribution < -0.4 is 5.32 Å². The van der Waals surface area contributed by atoms with Crippen molar-refractivity contribution in [3.05, 3.63) is 53.2 Å². The number of hydrogen-bond acceptors (Lipinski definition) is 4. The molecule has 2 aromatic rings. The number of aromatic nitrogens is 1. The maximum absolute atomic E-state index is 6.33. The van der Waals surface area contributed by atoms with Gasteiger partial charge in [-0.3, -0.25) is 4.98 Å². The molecule has 1 atom stereocenters. The Labute approximate surface area is 162 Å². The first-order valence-corrected chi connectivity index (χ1v) is 10.4. The van der Waals surface area contributed by atoms with Gasteiger partial charge in [-0.1, -0.05) is 18.9 Å². The van der Waals surface area contributed by atoms with E-state index in [2.05, 4.69) is 30.4 Å². The van der Waals surface area contributed by atoms with E-state index in [4.69, 9.17) is 14.1 Å². The molecule has 27 heavy (non-hydrogen) atoms. The highest BCUT2D eigenvalue weighted by molar-refractivity contribution is 5.21. The van der Waals surface area contributed by atoms with Gasteiger partial charge in [0.15, 0.2) is 0 Å². The second-order valence-corrected chi connectivity index (χ2v) is 8.54. The van der Waals surface area contributed by atoms with Crippen LogP contribution in [-0.2, 0) is 16.7 Å². The van der Waals surface area contributed by atoms with Crippen molar-refractivity contribution in [2.24, 2.45) is 0 Å². The Morgan fingerprint density at radius 3 is 2.70 bits per heavy atom. The summed E-state index contributed by atoms with van der Waals surface area (Å²) < 4.78 is 12.1. The van der Waals surface area contributed by atoms with Crippen LogP contribution in [-0.4, -0.2) is 23.7 Å². The molecule has 2 fully saturated rings. The van der Waals surface area contributed by atoms with Gasteiger partial charge in [-0.05, 0) is 76.3 Å². The topological polar surface area (TPSA) is 47.3 Å². The molecule has 0 amide bonds. The fraction of sp³-hybridized carbons (Fsp3) is 0.609. The zero-order valence-corrected chi connectivity index (χ0v) is 16.7. The largest absolute Gasteiger partial charge is 0.465 e. The smallest absolute Gasteiger partial charge is 0.118 e. The van der Waals surface area contributed by atoms with E-state index in [-0.39, 0.29) is 11.0 Å². The Kier molecular flexibility index (Phi) is 5.38. The van der Waals surface area contributed by atoms with E-state index >= 15 is 0 Å². The van der Waals surface area contributed by atoms with Crippen LogP contribution in [0.3, 0.4) is 0 Å². The second kappa shape index (κ2) is 7.76. The van der Waals surface area contributed by atoms with E-state index in [0.29, 0.717) is 0 Å². The average molecular weight is 369 g/mol. The standard InChI is InChI=1S/C23H32N2O2/c1-18-15-20(27-19(18)2)16-24-13-10-22(21-7-3-6-12-25-21)11-14-26-23(17-22)8-4-5-9-23/h3,6-7,12,15,24H,4-5,8-11,13-14,16-17H2,1-2H3/t22-/m1/s1. The Balaban J connectivity index is 1.45. The minimum atomic E-state index is 0.0883. The molecule has 0 bridgehead atoms. The monoisotopic (exact) mass is 368 g/mol. The van der Waals surface area contributed by atoms with Gasteiger partial charge in [-0.25, -0.2) is 0 Å². The van der Waals surface area contributed by atoms with Crippen molar-refractivity contribution in [3.63, 3.8) is 0 Å². The first-order valence-electron chi connectivity index (χ1n) is 10.4. The van der Waals surface area contributed by atoms with E-state index in [1.807, 2.05) is 19.2 Å². The highest BCUT2D eigenvalue weighted by Crippen LogP contribution is 2.49. The SMILES string of the molecule is Cc1cc(CNCC[C@@]2(c3ccccn3)CCOC3(CCCC3)C2)oc1C. The second-order valence-electron chi connectivity index (χ2n) is 8.54. The summed E-state index contributed by atoms with van der Waals surface area (Å²) in [4.78, 5) is 4.78. The fourth-order valence-corrected chi connectivity index (χ4v) is 5.07. The van der Waals surface area contributed by atoms with Crippen molar-refractivity contribution in [1.82, 2.24) is 10.3 Å². The number of ether oxygens (including phenoxy) is 1. The number of furan rings is 1. The lowest BCUT2D eigenvalue weighted by atomic mass is 9.68. The van der Waals surface area contributed by atoms with Crippen molar-refractivity contribution in [1.29, 1.82) is 0 Å². The van der Waals surface area contributed by atoms with Crippen LogP contribution in [0.25, 0.3) is 0 Å². The summed E-state index contributed by atoms with van der Waals surface area (Å²) in [5, 5.41) is 3.60. The van der Waals surface area contributed by atoms with Crippen molar-refractivity contribution in [2.45, 2.75) is 76.4 Å². The van der Waals surface area contributed by atoms with Crippen LogP contribution in [0, 0.1) is 13.8 Å². The van der Waals surface area contributed by atoms with Gasteiger partial charge in [0.05, 0.1) is 12.1 Å². The Morgan fingerprint density at radius 2 is 2.00 bits per heavy atom. The van der Waals surface area contributed by atoms with E-state index in [0.717, 1.165) is 50.5 Å². The molecule has 0 unspecified atom stereocenters. The molecule has 2 aromatic heterocycles. The van der Waals surface area contributed by atoms with Crippen molar-refractivity contribution in [3.8, 4) is 0 Å². The van der Waals surface area contributed by atoms with Gasteiger partial charge in [0.2, 0.25) is 0 Å². The van der Waals surface area contributed by atoms with Gasteiger partial charge in [0.1, 0.15) is 11.5 Å². The third-order valence-corrected chi connectivity index (χ3v) is 6.67. The summed E-state index contributed by atoms with van der Waals surface area (Å²) in [5.41, 5.74) is 2.67. The number of pyridine rings is 1. The maximum Gasteiger partial charge on any atom is 0.118 e. The van der Waals surface area contributed by atoms with Crippen molar-refractivity contribution >= 4 is 0 Å². The summed E-state index contributed by atoms with van der Waals surface area (Å²) in [6, 6.07) is 8.50. The highest BCUT2D eigenvalue weighted by Gasteiger charge is 2.48. The number of aryl methyl sites for hydroxylation is 2. The van der Waals surface area contributed by atoms with Gasteiger partial charge in [-0.15, -0.1) is 0 Å². The molecule has 3 heterocycles.